The molecule has 0 fully saturated rings. The second-order valence-corrected chi connectivity index (χ2v) is 7.55. The van der Waals surface area contributed by atoms with Gasteiger partial charge in [0.25, 0.3) is 0 Å². The Morgan fingerprint density at radius 2 is 1.89 bits per heavy atom. The first-order valence-corrected chi connectivity index (χ1v) is 10.5. The molecule has 1 N–H and O–H groups in total. The van der Waals surface area contributed by atoms with Crippen LogP contribution in [0.2, 0.25) is 0 Å². The van der Waals surface area contributed by atoms with Crippen LogP contribution in [0.4, 0.5) is 11.4 Å². The number of hydrogen-bond acceptors (Lipinski definition) is 5. The van der Waals surface area contributed by atoms with Crippen molar-refractivity contribution in [2.75, 3.05) is 18.7 Å². The van der Waals surface area contributed by atoms with Crippen LogP contribution >= 0.6 is 23.1 Å². The van der Waals surface area contributed by atoms with Crippen molar-refractivity contribution in [2.45, 2.75) is 11.3 Å². The Morgan fingerprint density at radius 1 is 1.19 bits per heavy atom. The summed E-state index contributed by atoms with van der Waals surface area (Å²) in [7, 11) is 3.55. The van der Waals surface area contributed by atoms with E-state index in [0.29, 0.717) is 6.42 Å². The Hall–Kier alpha value is -2.51. The lowest BCUT2D eigenvalue weighted by molar-refractivity contribution is -0.115. The molecule has 140 valence electrons. The monoisotopic (exact) mass is 399 g/mol. The highest BCUT2D eigenvalue weighted by molar-refractivity contribution is 7.98. The Labute approximate surface area is 166 Å². The van der Waals surface area contributed by atoms with Gasteiger partial charge in [-0.05, 0) is 54.8 Å². The number of carbonyl (C=O) groups is 1. The lowest BCUT2D eigenvalue weighted by Gasteiger charge is -2.07. The van der Waals surface area contributed by atoms with Crippen LogP contribution in [0.5, 0.6) is 5.75 Å². The van der Waals surface area contributed by atoms with Gasteiger partial charge in [-0.1, -0.05) is 0 Å². The highest BCUT2D eigenvalue weighted by atomic mass is 32.2. The zero-order chi connectivity index (χ0) is 19.2. The summed E-state index contributed by atoms with van der Waals surface area (Å²) >= 11 is 3.23. The number of anilines is 1. The van der Waals surface area contributed by atoms with E-state index in [2.05, 4.69) is 28.7 Å². The number of methoxy groups -OCH3 is 1. The van der Waals surface area contributed by atoms with E-state index in [1.165, 1.54) is 16.2 Å². The summed E-state index contributed by atoms with van der Waals surface area (Å²) in [6.07, 6.45) is 2.34. The van der Waals surface area contributed by atoms with Gasteiger partial charge in [-0.2, -0.15) is 0 Å². The summed E-state index contributed by atoms with van der Waals surface area (Å²) in [5.74, 6) is 0.693. The Bertz CT molecular complexity index is 974. The molecular formula is C20H21N3O2S2. The van der Waals surface area contributed by atoms with Gasteiger partial charge in [-0.15, -0.1) is 23.1 Å². The molecule has 0 saturated carbocycles. The molecule has 3 aromatic rings. The highest BCUT2D eigenvalue weighted by Crippen LogP contribution is 2.19. The van der Waals surface area contributed by atoms with Crippen molar-refractivity contribution >= 4 is 40.4 Å². The van der Waals surface area contributed by atoms with E-state index >= 15 is 0 Å². The second-order valence-electron chi connectivity index (χ2n) is 5.83. The fourth-order valence-corrected chi connectivity index (χ4v) is 3.80. The van der Waals surface area contributed by atoms with Crippen LogP contribution in [0.3, 0.4) is 0 Å². The van der Waals surface area contributed by atoms with Gasteiger partial charge in [0.15, 0.2) is 4.80 Å². The molecular weight excluding hydrogens is 378 g/mol. The molecule has 1 amide bonds. The largest absolute Gasteiger partial charge is 0.497 e. The van der Waals surface area contributed by atoms with Crippen molar-refractivity contribution in [2.24, 2.45) is 12.0 Å². The lowest BCUT2D eigenvalue weighted by Crippen LogP contribution is -2.19. The van der Waals surface area contributed by atoms with E-state index in [0.717, 1.165) is 27.6 Å². The normalized spacial score (nSPS) is 11.4. The summed E-state index contributed by atoms with van der Waals surface area (Å²) in [4.78, 5) is 19.1. The molecule has 27 heavy (non-hydrogen) atoms. The number of ether oxygens (including phenoxy) is 1. The Kier molecular flexibility index (Phi) is 6.36. The Morgan fingerprint density at radius 3 is 2.52 bits per heavy atom. The minimum Gasteiger partial charge on any atom is -0.497 e. The quantitative estimate of drug-likeness (QED) is 0.631. The SMILES string of the molecule is COc1ccc(NC(=O)Cc2csc(=Nc3ccc(SC)cc3)n2C)cc1. The molecule has 5 nitrogen and oxygen atoms in total. The van der Waals surface area contributed by atoms with Gasteiger partial charge in [0.05, 0.1) is 19.2 Å². The van der Waals surface area contributed by atoms with Gasteiger partial charge in [0.2, 0.25) is 5.91 Å². The fraction of sp³-hybridized carbons (Fsp3) is 0.200. The highest BCUT2D eigenvalue weighted by Gasteiger charge is 2.09. The molecule has 0 bridgehead atoms. The zero-order valence-corrected chi connectivity index (χ0v) is 17.1. The van der Waals surface area contributed by atoms with E-state index in [9.17, 15) is 4.79 Å². The van der Waals surface area contributed by atoms with Gasteiger partial charge in [0, 0.05) is 28.7 Å². The van der Waals surface area contributed by atoms with Crippen LogP contribution in [0.1, 0.15) is 5.69 Å². The maximum atomic E-state index is 12.3. The van der Waals surface area contributed by atoms with E-state index in [-0.39, 0.29) is 5.91 Å². The van der Waals surface area contributed by atoms with Gasteiger partial charge in [0.1, 0.15) is 5.75 Å². The van der Waals surface area contributed by atoms with Gasteiger partial charge in [-0.25, -0.2) is 4.99 Å². The van der Waals surface area contributed by atoms with E-state index in [4.69, 9.17) is 4.74 Å². The van der Waals surface area contributed by atoms with Gasteiger partial charge < -0.3 is 14.6 Å². The molecule has 7 heteroatoms. The number of carbonyl (C=O) groups excluding carboxylic acids is 1. The first kappa shape index (κ1) is 19.3. The van der Waals surface area contributed by atoms with Crippen LogP contribution in [0.25, 0.3) is 0 Å². The first-order valence-electron chi connectivity index (χ1n) is 8.35. The van der Waals surface area contributed by atoms with Crippen molar-refractivity contribution in [3.63, 3.8) is 0 Å². The van der Waals surface area contributed by atoms with E-state index < -0.39 is 0 Å². The molecule has 1 aromatic heterocycles. The number of rotatable bonds is 6. The van der Waals surface area contributed by atoms with Crippen molar-refractivity contribution < 1.29 is 9.53 Å². The summed E-state index contributed by atoms with van der Waals surface area (Å²) in [5, 5.41) is 4.88. The van der Waals surface area contributed by atoms with Crippen molar-refractivity contribution in [3.05, 3.63) is 64.4 Å². The van der Waals surface area contributed by atoms with Crippen molar-refractivity contribution in [1.29, 1.82) is 0 Å². The maximum absolute atomic E-state index is 12.3. The molecule has 0 aliphatic carbocycles. The molecule has 0 radical (unpaired) electrons. The fourth-order valence-electron chi connectivity index (χ4n) is 2.47. The number of nitrogens with zero attached hydrogens (tertiary/aromatic N) is 2. The molecule has 0 aliphatic heterocycles. The minimum atomic E-state index is -0.0653. The smallest absolute Gasteiger partial charge is 0.230 e. The average molecular weight is 400 g/mol. The number of hydrogen-bond donors (Lipinski definition) is 1. The summed E-state index contributed by atoms with van der Waals surface area (Å²) in [5.41, 5.74) is 2.57. The maximum Gasteiger partial charge on any atom is 0.230 e. The van der Waals surface area contributed by atoms with Crippen LogP contribution in [0, 0.1) is 0 Å². The third kappa shape index (κ3) is 5.02. The predicted octanol–water partition coefficient (Wildman–Crippen LogP) is 4.23. The molecule has 0 aliphatic rings. The molecule has 2 aromatic carbocycles. The van der Waals surface area contributed by atoms with E-state index in [1.54, 1.807) is 18.9 Å². The van der Waals surface area contributed by atoms with Crippen LogP contribution in [-0.2, 0) is 18.3 Å². The lowest BCUT2D eigenvalue weighted by atomic mass is 10.2. The third-order valence-electron chi connectivity index (χ3n) is 4.03. The number of aromatic nitrogens is 1. The van der Waals surface area contributed by atoms with Crippen LogP contribution in [0.15, 0.2) is 63.8 Å². The summed E-state index contributed by atoms with van der Waals surface area (Å²) < 4.78 is 7.08. The number of nitrogens with one attached hydrogen (secondary N) is 1. The first-order chi connectivity index (χ1) is 13.1. The number of amides is 1. The third-order valence-corrected chi connectivity index (χ3v) is 5.74. The average Bonchev–Trinajstić information content (AvgIpc) is 3.02. The van der Waals surface area contributed by atoms with Gasteiger partial charge >= 0.3 is 0 Å². The number of thioether (sulfide) groups is 1. The topological polar surface area (TPSA) is 55.6 Å². The molecule has 0 spiro atoms. The molecule has 0 saturated heterocycles. The predicted molar refractivity (Wildman–Crippen MR) is 112 cm³/mol. The summed E-state index contributed by atoms with van der Waals surface area (Å²) in [6.45, 7) is 0. The molecule has 0 unspecified atom stereocenters. The van der Waals surface area contributed by atoms with Crippen molar-refractivity contribution in [1.82, 2.24) is 4.57 Å². The van der Waals surface area contributed by atoms with Crippen LogP contribution < -0.4 is 14.9 Å². The zero-order valence-electron chi connectivity index (χ0n) is 15.4. The van der Waals surface area contributed by atoms with Gasteiger partial charge in [-0.3, -0.25) is 4.79 Å². The number of benzene rings is 2. The second kappa shape index (κ2) is 8.92. The van der Waals surface area contributed by atoms with Crippen molar-refractivity contribution in [3.8, 4) is 5.75 Å². The standard InChI is InChI=1S/C20H21N3O2S2/c1-23-16(12-19(24)21-14-4-8-17(25-2)9-5-14)13-27-20(23)22-15-6-10-18(26-3)11-7-15/h4-11,13H,12H2,1-3H3,(H,21,24). The minimum absolute atomic E-state index is 0.0653. The molecule has 1 heterocycles. The molecule has 0 atom stereocenters. The van der Waals surface area contributed by atoms with Crippen LogP contribution in [-0.4, -0.2) is 23.8 Å². The molecule has 3 rings (SSSR count). The Balaban J connectivity index is 1.70. The number of thiazole rings is 1. The summed E-state index contributed by atoms with van der Waals surface area (Å²) in [6, 6.07) is 15.4. The van der Waals surface area contributed by atoms with E-state index in [1.807, 2.05) is 53.4 Å².